The van der Waals surface area contributed by atoms with Gasteiger partial charge in [-0.15, -0.1) is 0 Å². The van der Waals surface area contributed by atoms with E-state index in [1.54, 1.807) is 26.3 Å². The zero-order valence-corrected chi connectivity index (χ0v) is 13.2. The lowest BCUT2D eigenvalue weighted by molar-refractivity contribution is 0.178. The van der Waals surface area contributed by atoms with Crippen LogP contribution in [0.5, 0.6) is 0 Å². The molecular weight excluding hydrogens is 374 g/mol. The van der Waals surface area contributed by atoms with E-state index in [1.165, 1.54) is 12.1 Å². The number of hydrogen-bond acceptors (Lipinski definition) is 5. The third-order valence-corrected chi connectivity index (χ3v) is 3.39. The van der Waals surface area contributed by atoms with E-state index in [-0.39, 0.29) is 5.82 Å². The number of ether oxygens (including phenoxy) is 1. The Bertz CT molecular complexity index is 609. The molecule has 0 saturated carbocycles. The van der Waals surface area contributed by atoms with E-state index in [0.29, 0.717) is 24.1 Å². The molecule has 0 fully saturated rings. The molecule has 0 amide bonds. The monoisotopic (exact) mass is 388 g/mol. The molecule has 0 aliphatic rings. The molecule has 2 rings (SSSR count). The minimum Gasteiger partial charge on any atom is -0.377 e. The first-order chi connectivity index (χ1) is 9.62. The molecule has 106 valence electrons. The predicted octanol–water partition coefficient (Wildman–Crippen LogP) is 3.15. The van der Waals surface area contributed by atoms with Crippen molar-refractivity contribution in [1.82, 2.24) is 9.97 Å². The Morgan fingerprint density at radius 3 is 2.65 bits per heavy atom. The standard InChI is InChI=1S/C13H14FIN4O/c1-16-11-6-12(19-13(18-11)7-20-2)17-10-4-3-8(14)5-9(10)15/h3-6H,7H2,1-2H3,(H2,16,17,18,19). The number of rotatable bonds is 5. The second-order valence-electron chi connectivity index (χ2n) is 3.99. The largest absolute Gasteiger partial charge is 0.377 e. The second-order valence-corrected chi connectivity index (χ2v) is 5.15. The molecule has 1 aromatic carbocycles. The summed E-state index contributed by atoms with van der Waals surface area (Å²) in [5.41, 5.74) is 0.788. The zero-order valence-electron chi connectivity index (χ0n) is 11.1. The molecule has 0 bridgehead atoms. The average Bonchev–Trinajstić information content (AvgIpc) is 2.42. The van der Waals surface area contributed by atoms with Crippen LogP contribution in [0.15, 0.2) is 24.3 Å². The van der Waals surface area contributed by atoms with Crippen molar-refractivity contribution in [3.05, 3.63) is 39.5 Å². The first kappa shape index (κ1) is 14.9. The summed E-state index contributed by atoms with van der Waals surface area (Å²) in [7, 11) is 3.37. The Balaban J connectivity index is 2.29. The van der Waals surface area contributed by atoms with Crippen LogP contribution in [0.4, 0.5) is 21.7 Å². The number of halogens is 2. The van der Waals surface area contributed by atoms with E-state index >= 15 is 0 Å². The smallest absolute Gasteiger partial charge is 0.158 e. The molecule has 0 aliphatic heterocycles. The summed E-state index contributed by atoms with van der Waals surface area (Å²) in [6.07, 6.45) is 0. The lowest BCUT2D eigenvalue weighted by Crippen LogP contribution is -2.05. The number of nitrogens with one attached hydrogen (secondary N) is 2. The summed E-state index contributed by atoms with van der Waals surface area (Å²) in [4.78, 5) is 8.62. The van der Waals surface area contributed by atoms with Crippen molar-refractivity contribution in [2.24, 2.45) is 0 Å². The van der Waals surface area contributed by atoms with Crippen molar-refractivity contribution in [1.29, 1.82) is 0 Å². The van der Waals surface area contributed by atoms with Gasteiger partial charge in [0.1, 0.15) is 24.1 Å². The molecule has 0 aliphatic carbocycles. The maximum atomic E-state index is 13.1. The Morgan fingerprint density at radius 2 is 2.00 bits per heavy atom. The predicted molar refractivity (Wildman–Crippen MR) is 84.7 cm³/mol. The van der Waals surface area contributed by atoms with Crippen LogP contribution in [0.3, 0.4) is 0 Å². The first-order valence-electron chi connectivity index (χ1n) is 5.89. The fourth-order valence-electron chi connectivity index (χ4n) is 1.61. The van der Waals surface area contributed by atoms with E-state index in [9.17, 15) is 4.39 Å². The fraction of sp³-hybridized carbons (Fsp3) is 0.231. The summed E-state index contributed by atoms with van der Waals surface area (Å²) in [6.45, 7) is 0.324. The van der Waals surface area contributed by atoms with Gasteiger partial charge in [-0.05, 0) is 40.8 Å². The molecular formula is C13H14FIN4O. The summed E-state index contributed by atoms with van der Waals surface area (Å²) < 4.78 is 18.9. The van der Waals surface area contributed by atoms with Crippen molar-refractivity contribution in [2.45, 2.75) is 6.61 Å². The van der Waals surface area contributed by atoms with Gasteiger partial charge in [0, 0.05) is 23.8 Å². The van der Waals surface area contributed by atoms with Crippen LogP contribution >= 0.6 is 22.6 Å². The molecule has 2 aromatic rings. The Hall–Kier alpha value is -1.48. The van der Waals surface area contributed by atoms with Crippen LogP contribution in [0.1, 0.15) is 5.82 Å². The number of benzene rings is 1. The minimum atomic E-state index is -0.265. The van der Waals surface area contributed by atoms with E-state index in [1.807, 2.05) is 0 Å². The van der Waals surface area contributed by atoms with Gasteiger partial charge < -0.3 is 15.4 Å². The van der Waals surface area contributed by atoms with Crippen molar-refractivity contribution in [3.63, 3.8) is 0 Å². The molecule has 0 spiro atoms. The molecule has 0 saturated heterocycles. The quantitative estimate of drug-likeness (QED) is 0.771. The maximum Gasteiger partial charge on any atom is 0.158 e. The fourth-order valence-corrected chi connectivity index (χ4v) is 2.22. The van der Waals surface area contributed by atoms with Gasteiger partial charge in [0.25, 0.3) is 0 Å². The van der Waals surface area contributed by atoms with Gasteiger partial charge in [-0.3, -0.25) is 0 Å². The molecule has 20 heavy (non-hydrogen) atoms. The van der Waals surface area contributed by atoms with Crippen molar-refractivity contribution in [3.8, 4) is 0 Å². The van der Waals surface area contributed by atoms with Gasteiger partial charge in [-0.2, -0.15) is 0 Å². The van der Waals surface area contributed by atoms with Gasteiger partial charge in [0.05, 0.1) is 5.69 Å². The first-order valence-corrected chi connectivity index (χ1v) is 6.97. The van der Waals surface area contributed by atoms with Crippen LogP contribution in [0, 0.1) is 9.39 Å². The number of aromatic nitrogens is 2. The number of hydrogen-bond donors (Lipinski definition) is 2. The lowest BCUT2D eigenvalue weighted by atomic mass is 10.3. The maximum absolute atomic E-state index is 13.1. The SMILES string of the molecule is CNc1cc(Nc2ccc(F)cc2I)nc(COC)n1. The normalized spacial score (nSPS) is 10.4. The molecule has 2 N–H and O–H groups in total. The zero-order chi connectivity index (χ0) is 14.5. The summed E-state index contributed by atoms with van der Waals surface area (Å²) in [6, 6.07) is 6.31. The third-order valence-electron chi connectivity index (χ3n) is 2.50. The Kier molecular flexibility index (Phi) is 5.07. The Labute approximate surface area is 130 Å². The van der Waals surface area contributed by atoms with E-state index < -0.39 is 0 Å². The highest BCUT2D eigenvalue weighted by Crippen LogP contribution is 2.23. The van der Waals surface area contributed by atoms with Crippen LogP contribution in [0.25, 0.3) is 0 Å². The summed E-state index contributed by atoms with van der Waals surface area (Å²) >= 11 is 2.07. The molecule has 7 heteroatoms. The highest BCUT2D eigenvalue weighted by Gasteiger charge is 2.07. The van der Waals surface area contributed by atoms with Crippen LogP contribution in [-0.2, 0) is 11.3 Å². The van der Waals surface area contributed by atoms with Gasteiger partial charge in [0.2, 0.25) is 0 Å². The molecule has 1 heterocycles. The second kappa shape index (κ2) is 6.80. The highest BCUT2D eigenvalue weighted by molar-refractivity contribution is 14.1. The Morgan fingerprint density at radius 1 is 1.25 bits per heavy atom. The van der Waals surface area contributed by atoms with Gasteiger partial charge in [-0.25, -0.2) is 14.4 Å². The van der Waals surface area contributed by atoms with Crippen LogP contribution < -0.4 is 10.6 Å². The van der Waals surface area contributed by atoms with Crippen LogP contribution in [0.2, 0.25) is 0 Å². The van der Waals surface area contributed by atoms with Gasteiger partial charge >= 0.3 is 0 Å². The minimum absolute atomic E-state index is 0.265. The van der Waals surface area contributed by atoms with Gasteiger partial charge in [0.15, 0.2) is 5.82 Å². The number of nitrogens with zero attached hydrogens (tertiary/aromatic N) is 2. The van der Waals surface area contributed by atoms with E-state index in [4.69, 9.17) is 4.74 Å². The summed E-state index contributed by atoms with van der Waals surface area (Å²) in [5.74, 6) is 1.62. The molecule has 5 nitrogen and oxygen atoms in total. The van der Waals surface area contributed by atoms with E-state index in [0.717, 1.165) is 9.26 Å². The molecule has 1 aromatic heterocycles. The van der Waals surface area contributed by atoms with Gasteiger partial charge in [-0.1, -0.05) is 0 Å². The number of methoxy groups -OCH3 is 1. The average molecular weight is 388 g/mol. The lowest BCUT2D eigenvalue weighted by Gasteiger charge is -2.11. The topological polar surface area (TPSA) is 59.1 Å². The van der Waals surface area contributed by atoms with Crippen LogP contribution in [-0.4, -0.2) is 24.1 Å². The highest BCUT2D eigenvalue weighted by atomic mass is 127. The molecule has 0 unspecified atom stereocenters. The van der Waals surface area contributed by atoms with E-state index in [2.05, 4.69) is 43.2 Å². The number of anilines is 3. The molecule has 0 atom stereocenters. The third kappa shape index (κ3) is 3.76. The van der Waals surface area contributed by atoms with Crippen molar-refractivity contribution in [2.75, 3.05) is 24.8 Å². The summed E-state index contributed by atoms with van der Waals surface area (Å²) in [5, 5.41) is 6.12. The van der Waals surface area contributed by atoms with Crippen molar-refractivity contribution < 1.29 is 9.13 Å². The molecule has 0 radical (unpaired) electrons. The van der Waals surface area contributed by atoms with Crippen molar-refractivity contribution >= 4 is 39.9 Å².